The molecule has 2 aliphatic heterocycles. The van der Waals surface area contributed by atoms with E-state index in [0.717, 1.165) is 32.4 Å². The number of nitrogens with one attached hydrogen (secondary N) is 2. The van der Waals surface area contributed by atoms with E-state index < -0.39 is 0 Å². The molecule has 0 saturated carbocycles. The van der Waals surface area contributed by atoms with Crippen molar-refractivity contribution < 1.29 is 9.59 Å². The Balaban J connectivity index is 1.64. The van der Waals surface area contributed by atoms with Gasteiger partial charge in [0.05, 0.1) is 0 Å². The molecule has 0 aliphatic carbocycles. The first kappa shape index (κ1) is 11.3. The predicted molar refractivity (Wildman–Crippen MR) is 66.0 cm³/mol. The summed E-state index contributed by atoms with van der Waals surface area (Å²) in [5.74, 6) is 0.207. The summed E-state index contributed by atoms with van der Waals surface area (Å²) >= 11 is 0. The minimum atomic E-state index is -0.0381. The van der Waals surface area contributed by atoms with Crippen molar-refractivity contribution in [2.75, 3.05) is 13.1 Å². The number of aromatic amines is 1. The fourth-order valence-corrected chi connectivity index (χ4v) is 2.92. The van der Waals surface area contributed by atoms with E-state index in [-0.39, 0.29) is 17.4 Å². The van der Waals surface area contributed by atoms with Gasteiger partial charge in [-0.3, -0.25) is 9.59 Å². The van der Waals surface area contributed by atoms with Crippen molar-refractivity contribution in [2.24, 2.45) is 0 Å². The zero-order valence-corrected chi connectivity index (χ0v) is 10.2. The third-order valence-corrected chi connectivity index (χ3v) is 4.07. The van der Waals surface area contributed by atoms with Gasteiger partial charge in [0, 0.05) is 31.2 Å². The van der Waals surface area contributed by atoms with Crippen LogP contribution in [0.5, 0.6) is 0 Å². The number of hydrogen-bond donors (Lipinski definition) is 2. The van der Waals surface area contributed by atoms with Crippen LogP contribution in [0.2, 0.25) is 0 Å². The summed E-state index contributed by atoms with van der Waals surface area (Å²) in [6.45, 7) is 1.44. The van der Waals surface area contributed by atoms with Gasteiger partial charge in [-0.2, -0.15) is 0 Å². The topological polar surface area (TPSA) is 65.2 Å². The first-order valence-electron chi connectivity index (χ1n) is 6.42. The Morgan fingerprint density at radius 1 is 1.28 bits per heavy atom. The SMILES string of the molecule is O=C1CCC2(CCN(C(=O)c3ccc[nH]3)CC2)N1. The van der Waals surface area contributed by atoms with Gasteiger partial charge in [-0.05, 0) is 31.4 Å². The molecule has 2 N–H and O–H groups in total. The van der Waals surface area contributed by atoms with Gasteiger partial charge in [-0.15, -0.1) is 0 Å². The van der Waals surface area contributed by atoms with Crippen molar-refractivity contribution in [2.45, 2.75) is 31.2 Å². The molecule has 0 bridgehead atoms. The molecule has 3 rings (SSSR count). The zero-order valence-electron chi connectivity index (χ0n) is 10.2. The average molecular weight is 247 g/mol. The fraction of sp³-hybridized carbons (Fsp3) is 0.538. The molecule has 1 spiro atoms. The monoisotopic (exact) mass is 247 g/mol. The molecule has 0 atom stereocenters. The summed E-state index contributed by atoms with van der Waals surface area (Å²) < 4.78 is 0. The number of nitrogens with zero attached hydrogens (tertiary/aromatic N) is 1. The number of rotatable bonds is 1. The Kier molecular flexibility index (Phi) is 2.61. The van der Waals surface area contributed by atoms with E-state index in [1.807, 2.05) is 11.0 Å². The highest BCUT2D eigenvalue weighted by Gasteiger charge is 2.41. The molecule has 18 heavy (non-hydrogen) atoms. The lowest BCUT2D eigenvalue weighted by molar-refractivity contribution is -0.120. The van der Waals surface area contributed by atoms with Gasteiger partial charge in [0.25, 0.3) is 5.91 Å². The highest BCUT2D eigenvalue weighted by Crippen LogP contribution is 2.31. The molecule has 96 valence electrons. The molecule has 5 heteroatoms. The second-order valence-corrected chi connectivity index (χ2v) is 5.20. The smallest absolute Gasteiger partial charge is 0.270 e. The van der Waals surface area contributed by atoms with Crippen molar-refractivity contribution >= 4 is 11.8 Å². The molecule has 2 aliphatic rings. The van der Waals surface area contributed by atoms with Gasteiger partial charge < -0.3 is 15.2 Å². The van der Waals surface area contributed by atoms with E-state index in [9.17, 15) is 9.59 Å². The number of carbonyl (C=O) groups excluding carboxylic acids is 2. The number of aromatic nitrogens is 1. The lowest BCUT2D eigenvalue weighted by Crippen LogP contribution is -2.52. The quantitative estimate of drug-likeness (QED) is 0.774. The lowest BCUT2D eigenvalue weighted by atomic mass is 9.86. The van der Waals surface area contributed by atoms with Crippen LogP contribution in [0.4, 0.5) is 0 Å². The molecule has 0 unspecified atom stereocenters. The third-order valence-electron chi connectivity index (χ3n) is 4.07. The molecular formula is C13H17N3O2. The number of amides is 2. The average Bonchev–Trinajstić information content (AvgIpc) is 3.00. The van der Waals surface area contributed by atoms with Crippen LogP contribution >= 0.6 is 0 Å². The maximum atomic E-state index is 12.1. The molecule has 0 radical (unpaired) electrons. The summed E-state index contributed by atoms with van der Waals surface area (Å²) in [7, 11) is 0. The Morgan fingerprint density at radius 3 is 2.61 bits per heavy atom. The van der Waals surface area contributed by atoms with Crippen LogP contribution in [0.3, 0.4) is 0 Å². The summed E-state index contributed by atoms with van der Waals surface area (Å²) in [4.78, 5) is 28.3. The van der Waals surface area contributed by atoms with Gasteiger partial charge in [-0.25, -0.2) is 0 Å². The Hall–Kier alpha value is -1.78. The number of hydrogen-bond acceptors (Lipinski definition) is 2. The van der Waals surface area contributed by atoms with Crippen LogP contribution in [-0.2, 0) is 4.79 Å². The largest absolute Gasteiger partial charge is 0.357 e. The minimum absolute atomic E-state index is 0.0381. The van der Waals surface area contributed by atoms with Crippen molar-refractivity contribution in [3.05, 3.63) is 24.0 Å². The van der Waals surface area contributed by atoms with E-state index in [2.05, 4.69) is 10.3 Å². The third kappa shape index (κ3) is 1.89. The van der Waals surface area contributed by atoms with E-state index >= 15 is 0 Å². The second kappa shape index (κ2) is 4.15. The van der Waals surface area contributed by atoms with Crippen molar-refractivity contribution in [1.82, 2.24) is 15.2 Å². The molecule has 1 aromatic heterocycles. The highest BCUT2D eigenvalue weighted by atomic mass is 16.2. The normalized spacial score (nSPS) is 22.2. The first-order chi connectivity index (χ1) is 8.69. The van der Waals surface area contributed by atoms with Crippen molar-refractivity contribution in [1.29, 1.82) is 0 Å². The lowest BCUT2D eigenvalue weighted by Gasteiger charge is -2.39. The predicted octanol–water partition coefficient (Wildman–Crippen LogP) is 0.899. The van der Waals surface area contributed by atoms with Crippen molar-refractivity contribution in [3.8, 4) is 0 Å². The number of H-pyrrole nitrogens is 1. The molecule has 2 amide bonds. The summed E-state index contributed by atoms with van der Waals surface area (Å²) in [6, 6.07) is 3.62. The standard InChI is InChI=1S/C13H17N3O2/c17-11-3-4-13(15-11)5-8-16(9-6-13)12(18)10-2-1-7-14-10/h1-2,7,14H,3-6,8-9H2,(H,15,17). The van der Waals surface area contributed by atoms with Crippen LogP contribution in [0.1, 0.15) is 36.2 Å². The molecule has 3 heterocycles. The van der Waals surface area contributed by atoms with Gasteiger partial charge in [0.15, 0.2) is 0 Å². The van der Waals surface area contributed by atoms with Crippen LogP contribution in [0.25, 0.3) is 0 Å². The number of carbonyl (C=O) groups is 2. The van der Waals surface area contributed by atoms with Crippen LogP contribution in [0.15, 0.2) is 18.3 Å². The zero-order chi connectivity index (χ0) is 12.6. The maximum Gasteiger partial charge on any atom is 0.270 e. The Morgan fingerprint density at radius 2 is 2.06 bits per heavy atom. The molecular weight excluding hydrogens is 230 g/mol. The van der Waals surface area contributed by atoms with Gasteiger partial charge >= 0.3 is 0 Å². The van der Waals surface area contributed by atoms with Gasteiger partial charge in [0.1, 0.15) is 5.69 Å². The fourth-order valence-electron chi connectivity index (χ4n) is 2.92. The summed E-state index contributed by atoms with van der Waals surface area (Å²) in [5, 5.41) is 3.08. The number of likely N-dealkylation sites (tertiary alicyclic amines) is 1. The Bertz CT molecular complexity index is 459. The van der Waals surface area contributed by atoms with Gasteiger partial charge in [0.2, 0.25) is 5.91 Å². The van der Waals surface area contributed by atoms with Crippen LogP contribution < -0.4 is 5.32 Å². The van der Waals surface area contributed by atoms with Crippen LogP contribution in [0, 0.1) is 0 Å². The van der Waals surface area contributed by atoms with E-state index in [4.69, 9.17) is 0 Å². The molecule has 0 aromatic carbocycles. The Labute approximate surface area is 106 Å². The van der Waals surface area contributed by atoms with E-state index in [1.54, 1.807) is 12.3 Å². The molecule has 2 fully saturated rings. The maximum absolute atomic E-state index is 12.1. The van der Waals surface area contributed by atoms with E-state index in [1.165, 1.54) is 0 Å². The summed E-state index contributed by atoms with van der Waals surface area (Å²) in [6.07, 6.45) is 5.03. The molecule has 1 aromatic rings. The second-order valence-electron chi connectivity index (χ2n) is 5.20. The first-order valence-corrected chi connectivity index (χ1v) is 6.42. The molecule has 2 saturated heterocycles. The molecule has 5 nitrogen and oxygen atoms in total. The summed E-state index contributed by atoms with van der Waals surface area (Å²) in [5.41, 5.74) is 0.602. The minimum Gasteiger partial charge on any atom is -0.357 e. The van der Waals surface area contributed by atoms with E-state index in [0.29, 0.717) is 12.1 Å². The number of piperidine rings is 1. The van der Waals surface area contributed by atoms with Crippen molar-refractivity contribution in [3.63, 3.8) is 0 Å². The van der Waals surface area contributed by atoms with Gasteiger partial charge in [-0.1, -0.05) is 0 Å². The highest BCUT2D eigenvalue weighted by molar-refractivity contribution is 5.92. The van der Waals surface area contributed by atoms with Crippen LogP contribution in [-0.4, -0.2) is 40.3 Å².